The van der Waals surface area contributed by atoms with Gasteiger partial charge in [-0.25, -0.2) is 0 Å². The van der Waals surface area contributed by atoms with Crippen molar-refractivity contribution in [2.75, 3.05) is 38.5 Å². The quantitative estimate of drug-likeness (QED) is 0.297. The van der Waals surface area contributed by atoms with E-state index >= 15 is 0 Å². The van der Waals surface area contributed by atoms with Gasteiger partial charge < -0.3 is 14.4 Å². The van der Waals surface area contributed by atoms with Crippen molar-refractivity contribution in [3.8, 4) is 11.5 Å². The first kappa shape index (κ1) is 24.9. The summed E-state index contributed by atoms with van der Waals surface area (Å²) in [4.78, 5) is 14.6. The van der Waals surface area contributed by atoms with Crippen molar-refractivity contribution >= 4 is 45.8 Å². The van der Waals surface area contributed by atoms with E-state index in [0.717, 1.165) is 23.2 Å². The van der Waals surface area contributed by atoms with Crippen molar-refractivity contribution in [2.24, 2.45) is 9.98 Å². The first-order valence-electron chi connectivity index (χ1n) is 10.2. The van der Waals surface area contributed by atoms with Gasteiger partial charge in [-0.2, -0.15) is 8.42 Å². The van der Waals surface area contributed by atoms with E-state index in [1.54, 1.807) is 45.0 Å². The van der Waals surface area contributed by atoms with Crippen molar-refractivity contribution < 1.29 is 22.1 Å². The SMILES string of the molecule is C=Nc1ccc(N(CCOS(C)(=O)=O)c2cc(OC)cc(OC)c2)cc1/N=C/c1cccnc1. The van der Waals surface area contributed by atoms with Gasteiger partial charge in [0.2, 0.25) is 0 Å². The van der Waals surface area contributed by atoms with Crippen LogP contribution >= 0.6 is 0 Å². The number of hydrogen-bond donors (Lipinski definition) is 0. The minimum absolute atomic E-state index is 0.0614. The lowest BCUT2D eigenvalue weighted by Crippen LogP contribution is -2.23. The molecule has 0 saturated heterocycles. The van der Waals surface area contributed by atoms with Crippen molar-refractivity contribution in [1.82, 2.24) is 4.98 Å². The van der Waals surface area contributed by atoms with E-state index in [0.29, 0.717) is 22.9 Å². The number of anilines is 2. The molecule has 0 bridgehead atoms. The third kappa shape index (κ3) is 6.87. The highest BCUT2D eigenvalue weighted by atomic mass is 32.2. The minimum Gasteiger partial charge on any atom is -0.497 e. The Hall–Kier alpha value is -3.76. The molecule has 0 unspecified atom stereocenters. The number of rotatable bonds is 11. The molecule has 0 radical (unpaired) electrons. The third-order valence-electron chi connectivity index (χ3n) is 4.74. The highest BCUT2D eigenvalue weighted by Crippen LogP contribution is 2.37. The lowest BCUT2D eigenvalue weighted by Gasteiger charge is -2.26. The van der Waals surface area contributed by atoms with E-state index in [-0.39, 0.29) is 13.2 Å². The van der Waals surface area contributed by atoms with Gasteiger partial charge in [-0.15, -0.1) is 0 Å². The van der Waals surface area contributed by atoms with Gasteiger partial charge in [0.15, 0.2) is 0 Å². The summed E-state index contributed by atoms with van der Waals surface area (Å²) in [5.74, 6) is 1.17. The van der Waals surface area contributed by atoms with E-state index in [2.05, 4.69) is 21.7 Å². The molecule has 1 aromatic heterocycles. The maximum Gasteiger partial charge on any atom is 0.264 e. The van der Waals surface area contributed by atoms with Crippen LogP contribution in [0.1, 0.15) is 5.56 Å². The molecule has 0 atom stereocenters. The van der Waals surface area contributed by atoms with Crippen LogP contribution in [0.3, 0.4) is 0 Å². The number of benzene rings is 2. The Balaban J connectivity index is 2.04. The standard InChI is InChI=1S/C24H26N4O5S/c1-25-23-8-7-19(14-24(23)27-17-18-6-5-9-26-16-18)28(10-11-33-34(4,29)30)20-12-21(31-2)15-22(13-20)32-3/h5-9,12-17H,1,10-11H2,2-4H3/b27-17+. The van der Waals surface area contributed by atoms with Gasteiger partial charge in [0.1, 0.15) is 11.5 Å². The summed E-state index contributed by atoms with van der Waals surface area (Å²) in [6.45, 7) is 3.80. The Labute approximate surface area is 199 Å². The van der Waals surface area contributed by atoms with Crippen LogP contribution in [-0.4, -0.2) is 60.0 Å². The maximum absolute atomic E-state index is 11.5. The van der Waals surface area contributed by atoms with Gasteiger partial charge in [-0.3, -0.25) is 19.2 Å². The summed E-state index contributed by atoms with van der Waals surface area (Å²) >= 11 is 0. The van der Waals surface area contributed by atoms with E-state index in [9.17, 15) is 8.42 Å². The molecule has 0 saturated carbocycles. The van der Waals surface area contributed by atoms with Gasteiger partial charge in [-0.05, 0) is 31.0 Å². The molecule has 0 fully saturated rings. The second kappa shape index (κ2) is 11.4. The Morgan fingerprint density at radius 2 is 1.76 bits per heavy atom. The molecule has 3 rings (SSSR count). The number of nitrogens with zero attached hydrogens (tertiary/aromatic N) is 4. The smallest absolute Gasteiger partial charge is 0.264 e. The van der Waals surface area contributed by atoms with Crippen LogP contribution < -0.4 is 14.4 Å². The van der Waals surface area contributed by atoms with Crippen LogP contribution in [0.4, 0.5) is 22.7 Å². The number of ether oxygens (including phenoxy) is 2. The molecule has 178 valence electrons. The van der Waals surface area contributed by atoms with Gasteiger partial charge in [0.05, 0.1) is 38.5 Å². The Kier molecular flexibility index (Phi) is 8.34. The average Bonchev–Trinajstić information content (AvgIpc) is 2.84. The van der Waals surface area contributed by atoms with E-state index < -0.39 is 10.1 Å². The Morgan fingerprint density at radius 3 is 2.35 bits per heavy atom. The molecule has 3 aromatic rings. The number of methoxy groups -OCH3 is 2. The fourth-order valence-corrected chi connectivity index (χ4v) is 3.53. The van der Waals surface area contributed by atoms with Gasteiger partial charge >= 0.3 is 0 Å². The van der Waals surface area contributed by atoms with E-state index in [4.69, 9.17) is 13.7 Å². The molecule has 0 spiro atoms. The fraction of sp³-hybridized carbons (Fsp3) is 0.208. The first-order chi connectivity index (χ1) is 16.3. The molecule has 0 aliphatic rings. The van der Waals surface area contributed by atoms with Gasteiger partial charge in [-0.1, -0.05) is 6.07 Å². The highest BCUT2D eigenvalue weighted by molar-refractivity contribution is 7.85. The van der Waals surface area contributed by atoms with Crippen LogP contribution in [0, 0.1) is 0 Å². The van der Waals surface area contributed by atoms with Crippen LogP contribution in [0.2, 0.25) is 0 Å². The monoisotopic (exact) mass is 482 g/mol. The van der Waals surface area contributed by atoms with Gasteiger partial charge in [0.25, 0.3) is 10.1 Å². The molecular formula is C24H26N4O5S. The molecule has 34 heavy (non-hydrogen) atoms. The number of aromatic nitrogens is 1. The Morgan fingerprint density at radius 1 is 1.03 bits per heavy atom. The zero-order valence-electron chi connectivity index (χ0n) is 19.2. The molecule has 2 aromatic carbocycles. The maximum atomic E-state index is 11.5. The second-order valence-corrected chi connectivity index (χ2v) is 8.77. The highest BCUT2D eigenvalue weighted by Gasteiger charge is 2.15. The van der Waals surface area contributed by atoms with Crippen molar-refractivity contribution in [3.05, 3.63) is 66.5 Å². The fourth-order valence-electron chi connectivity index (χ4n) is 3.15. The zero-order chi connectivity index (χ0) is 24.6. The summed E-state index contributed by atoms with van der Waals surface area (Å²) < 4.78 is 38.8. The van der Waals surface area contributed by atoms with Crippen LogP contribution in [0.5, 0.6) is 11.5 Å². The molecule has 1 heterocycles. The predicted octanol–water partition coefficient (Wildman–Crippen LogP) is 4.30. The lowest BCUT2D eigenvalue weighted by molar-refractivity contribution is 0.330. The van der Waals surface area contributed by atoms with Crippen molar-refractivity contribution in [2.45, 2.75) is 0 Å². The molecule has 0 aliphatic heterocycles. The summed E-state index contributed by atoms with van der Waals surface area (Å²) in [6.07, 6.45) is 6.09. The number of hydrogen-bond acceptors (Lipinski definition) is 9. The van der Waals surface area contributed by atoms with Crippen LogP contribution in [-0.2, 0) is 14.3 Å². The third-order valence-corrected chi connectivity index (χ3v) is 5.33. The molecule has 0 N–H and O–H groups in total. The number of pyridine rings is 1. The number of aliphatic imine (C=N–C) groups is 2. The van der Waals surface area contributed by atoms with Crippen LogP contribution in [0.15, 0.2) is 70.9 Å². The van der Waals surface area contributed by atoms with Crippen LogP contribution in [0.25, 0.3) is 0 Å². The summed E-state index contributed by atoms with van der Waals surface area (Å²) in [7, 11) is -0.475. The van der Waals surface area contributed by atoms with E-state index in [1.165, 1.54) is 0 Å². The topological polar surface area (TPSA) is 103 Å². The first-order valence-corrected chi connectivity index (χ1v) is 12.0. The molecule has 0 aliphatic carbocycles. The summed E-state index contributed by atoms with van der Waals surface area (Å²) in [5.41, 5.74) is 3.46. The summed E-state index contributed by atoms with van der Waals surface area (Å²) in [5, 5.41) is 0. The molecule has 9 nitrogen and oxygen atoms in total. The normalized spacial score (nSPS) is 11.4. The van der Waals surface area contributed by atoms with Crippen molar-refractivity contribution in [1.29, 1.82) is 0 Å². The van der Waals surface area contributed by atoms with Crippen molar-refractivity contribution in [3.63, 3.8) is 0 Å². The lowest BCUT2D eigenvalue weighted by atomic mass is 10.2. The molecular weight excluding hydrogens is 456 g/mol. The van der Waals surface area contributed by atoms with Gasteiger partial charge in [0, 0.05) is 60.3 Å². The Bertz CT molecular complexity index is 1240. The molecule has 0 amide bonds. The molecule has 10 heteroatoms. The predicted molar refractivity (Wildman–Crippen MR) is 134 cm³/mol. The van der Waals surface area contributed by atoms with E-state index in [1.807, 2.05) is 41.3 Å². The zero-order valence-corrected chi connectivity index (χ0v) is 20.0. The summed E-state index contributed by atoms with van der Waals surface area (Å²) in [6, 6.07) is 14.6. The second-order valence-electron chi connectivity index (χ2n) is 7.12. The average molecular weight is 483 g/mol. The largest absolute Gasteiger partial charge is 0.497 e. The minimum atomic E-state index is -3.60.